The molecule has 1 heterocycles. The second-order valence-corrected chi connectivity index (χ2v) is 4.87. The number of hydrogen-bond donors (Lipinski definition) is 1. The van der Waals surface area contributed by atoms with Crippen LogP contribution < -0.4 is 0 Å². The molecule has 0 aromatic carbocycles. The molecule has 1 saturated carbocycles. The number of aromatic nitrogens is 2. The number of aryl methyl sites for hydroxylation is 1. The summed E-state index contributed by atoms with van der Waals surface area (Å²) in [5, 5.41) is 13.8. The SMILES string of the molecule is CCc1nn(C2CCCCC2)c(Cl)c1C(=O)O. The average molecular weight is 257 g/mol. The van der Waals surface area contributed by atoms with E-state index in [0.29, 0.717) is 17.3 Å². The van der Waals surface area contributed by atoms with Gasteiger partial charge in [-0.25, -0.2) is 9.48 Å². The Morgan fingerprint density at radius 1 is 1.47 bits per heavy atom. The molecular weight excluding hydrogens is 240 g/mol. The van der Waals surface area contributed by atoms with Gasteiger partial charge in [0, 0.05) is 0 Å². The molecule has 94 valence electrons. The van der Waals surface area contributed by atoms with Crippen LogP contribution in [-0.4, -0.2) is 20.9 Å². The zero-order valence-corrected chi connectivity index (χ0v) is 10.7. The van der Waals surface area contributed by atoms with Crippen LogP contribution in [0.4, 0.5) is 0 Å². The predicted molar refractivity (Wildman–Crippen MR) is 65.7 cm³/mol. The minimum atomic E-state index is -0.978. The summed E-state index contributed by atoms with van der Waals surface area (Å²) in [7, 11) is 0. The van der Waals surface area contributed by atoms with Gasteiger partial charge in [-0.2, -0.15) is 5.10 Å². The molecule has 4 nitrogen and oxygen atoms in total. The molecule has 0 radical (unpaired) electrons. The minimum absolute atomic E-state index is 0.180. The summed E-state index contributed by atoms with van der Waals surface area (Å²) in [6, 6.07) is 0.273. The Hall–Kier alpha value is -1.03. The number of carboxylic acids is 1. The molecular formula is C12H17ClN2O2. The van der Waals surface area contributed by atoms with E-state index in [1.54, 1.807) is 4.68 Å². The first-order chi connectivity index (χ1) is 8.15. The monoisotopic (exact) mass is 256 g/mol. The molecule has 1 N–H and O–H groups in total. The molecule has 17 heavy (non-hydrogen) atoms. The molecule has 1 aliphatic rings. The van der Waals surface area contributed by atoms with E-state index >= 15 is 0 Å². The Bertz CT molecular complexity index is 422. The van der Waals surface area contributed by atoms with Crippen molar-refractivity contribution >= 4 is 17.6 Å². The smallest absolute Gasteiger partial charge is 0.340 e. The Balaban J connectivity index is 2.37. The maximum absolute atomic E-state index is 11.2. The number of carbonyl (C=O) groups is 1. The Morgan fingerprint density at radius 2 is 2.12 bits per heavy atom. The van der Waals surface area contributed by atoms with Gasteiger partial charge in [-0.1, -0.05) is 37.8 Å². The maximum Gasteiger partial charge on any atom is 0.340 e. The van der Waals surface area contributed by atoms with E-state index in [1.165, 1.54) is 19.3 Å². The van der Waals surface area contributed by atoms with Crippen LogP contribution >= 0.6 is 11.6 Å². The zero-order chi connectivity index (χ0) is 12.4. The summed E-state index contributed by atoms with van der Waals surface area (Å²) >= 11 is 6.16. The van der Waals surface area contributed by atoms with E-state index in [4.69, 9.17) is 16.7 Å². The summed E-state index contributed by atoms with van der Waals surface area (Å²) < 4.78 is 1.73. The molecule has 1 aromatic heterocycles. The largest absolute Gasteiger partial charge is 0.478 e. The van der Waals surface area contributed by atoms with Crippen molar-refractivity contribution in [2.75, 3.05) is 0 Å². The molecule has 2 rings (SSSR count). The molecule has 1 aromatic rings. The summed E-state index contributed by atoms with van der Waals surface area (Å²) in [5.74, 6) is -0.978. The van der Waals surface area contributed by atoms with Gasteiger partial charge in [0.1, 0.15) is 10.7 Å². The van der Waals surface area contributed by atoms with E-state index in [9.17, 15) is 4.79 Å². The number of aromatic carboxylic acids is 1. The lowest BCUT2D eigenvalue weighted by Crippen LogP contribution is -2.14. The average Bonchev–Trinajstić information content (AvgIpc) is 2.67. The normalized spacial score (nSPS) is 17.3. The fourth-order valence-electron chi connectivity index (χ4n) is 2.48. The van der Waals surface area contributed by atoms with Gasteiger partial charge < -0.3 is 5.11 Å². The highest BCUT2D eigenvalue weighted by atomic mass is 35.5. The lowest BCUT2D eigenvalue weighted by atomic mass is 9.96. The quantitative estimate of drug-likeness (QED) is 0.903. The van der Waals surface area contributed by atoms with Gasteiger partial charge in [0.2, 0.25) is 0 Å². The Morgan fingerprint density at radius 3 is 2.59 bits per heavy atom. The van der Waals surface area contributed by atoms with Crippen LogP contribution in [0.2, 0.25) is 5.15 Å². The van der Waals surface area contributed by atoms with Crippen molar-refractivity contribution in [2.24, 2.45) is 0 Å². The highest BCUT2D eigenvalue weighted by Crippen LogP contribution is 2.32. The van der Waals surface area contributed by atoms with Gasteiger partial charge in [0.15, 0.2) is 0 Å². The number of halogens is 1. The molecule has 1 fully saturated rings. The van der Waals surface area contributed by atoms with Crippen molar-refractivity contribution in [3.8, 4) is 0 Å². The van der Waals surface area contributed by atoms with Gasteiger partial charge in [-0.05, 0) is 19.3 Å². The third-order valence-electron chi connectivity index (χ3n) is 3.39. The van der Waals surface area contributed by atoms with Crippen molar-refractivity contribution in [3.63, 3.8) is 0 Å². The lowest BCUT2D eigenvalue weighted by Gasteiger charge is -2.22. The highest BCUT2D eigenvalue weighted by molar-refractivity contribution is 6.32. The molecule has 0 spiro atoms. The summed E-state index contributed by atoms with van der Waals surface area (Å²) in [5.41, 5.74) is 0.771. The maximum atomic E-state index is 11.2. The van der Waals surface area contributed by atoms with E-state index in [2.05, 4.69) is 5.10 Å². The molecule has 0 unspecified atom stereocenters. The fraction of sp³-hybridized carbons (Fsp3) is 0.667. The second kappa shape index (κ2) is 5.08. The molecule has 1 aliphatic carbocycles. The minimum Gasteiger partial charge on any atom is -0.478 e. The number of carboxylic acid groups (broad SMARTS) is 1. The van der Waals surface area contributed by atoms with Crippen LogP contribution in [0.25, 0.3) is 0 Å². The van der Waals surface area contributed by atoms with Crippen LogP contribution in [0, 0.1) is 0 Å². The fourth-order valence-corrected chi connectivity index (χ4v) is 2.85. The highest BCUT2D eigenvalue weighted by Gasteiger charge is 2.25. The van der Waals surface area contributed by atoms with E-state index < -0.39 is 5.97 Å². The van der Waals surface area contributed by atoms with Crippen molar-refractivity contribution in [1.29, 1.82) is 0 Å². The van der Waals surface area contributed by atoms with Gasteiger partial charge in [0.25, 0.3) is 0 Å². The van der Waals surface area contributed by atoms with Crippen molar-refractivity contribution < 1.29 is 9.90 Å². The topological polar surface area (TPSA) is 55.1 Å². The van der Waals surface area contributed by atoms with Gasteiger partial charge >= 0.3 is 5.97 Å². The number of nitrogens with zero attached hydrogens (tertiary/aromatic N) is 2. The van der Waals surface area contributed by atoms with Crippen molar-refractivity contribution in [2.45, 2.75) is 51.5 Å². The summed E-state index contributed by atoms with van der Waals surface area (Å²) in [6.07, 6.45) is 6.28. The Kier molecular flexibility index (Phi) is 3.72. The van der Waals surface area contributed by atoms with Crippen LogP contribution in [0.15, 0.2) is 0 Å². The van der Waals surface area contributed by atoms with Gasteiger partial charge in [-0.15, -0.1) is 0 Å². The first kappa shape index (κ1) is 12.4. The summed E-state index contributed by atoms with van der Waals surface area (Å²) in [6.45, 7) is 1.90. The number of hydrogen-bond acceptors (Lipinski definition) is 2. The van der Waals surface area contributed by atoms with Crippen LogP contribution in [0.3, 0.4) is 0 Å². The summed E-state index contributed by atoms with van der Waals surface area (Å²) in [4.78, 5) is 11.2. The second-order valence-electron chi connectivity index (χ2n) is 4.51. The lowest BCUT2D eigenvalue weighted by molar-refractivity contribution is 0.0696. The van der Waals surface area contributed by atoms with Gasteiger partial charge in [-0.3, -0.25) is 0 Å². The first-order valence-electron chi connectivity index (χ1n) is 6.15. The predicted octanol–water partition coefficient (Wildman–Crippen LogP) is 3.30. The molecule has 0 saturated heterocycles. The Labute approximate surface area is 106 Å². The van der Waals surface area contributed by atoms with Crippen molar-refractivity contribution in [1.82, 2.24) is 9.78 Å². The van der Waals surface area contributed by atoms with Gasteiger partial charge in [0.05, 0.1) is 11.7 Å². The first-order valence-corrected chi connectivity index (χ1v) is 6.53. The van der Waals surface area contributed by atoms with E-state index in [0.717, 1.165) is 12.8 Å². The van der Waals surface area contributed by atoms with Crippen LogP contribution in [0.1, 0.15) is 61.1 Å². The van der Waals surface area contributed by atoms with Crippen LogP contribution in [-0.2, 0) is 6.42 Å². The molecule has 5 heteroatoms. The van der Waals surface area contributed by atoms with E-state index in [-0.39, 0.29) is 11.6 Å². The third-order valence-corrected chi connectivity index (χ3v) is 3.76. The molecule has 0 aliphatic heterocycles. The van der Waals surface area contributed by atoms with E-state index in [1.807, 2.05) is 6.92 Å². The third kappa shape index (κ3) is 2.32. The van der Waals surface area contributed by atoms with Crippen molar-refractivity contribution in [3.05, 3.63) is 16.4 Å². The standard InChI is InChI=1S/C12H17ClN2O2/c1-2-9-10(12(16)17)11(13)15(14-9)8-6-4-3-5-7-8/h8H,2-7H2,1H3,(H,16,17). The number of rotatable bonds is 3. The van der Waals surface area contributed by atoms with Crippen LogP contribution in [0.5, 0.6) is 0 Å². The molecule has 0 amide bonds. The molecule has 0 atom stereocenters. The zero-order valence-electron chi connectivity index (χ0n) is 9.95. The molecule has 0 bridgehead atoms.